The maximum atomic E-state index is 8.86. The lowest BCUT2D eigenvalue weighted by Crippen LogP contribution is -2.03. The van der Waals surface area contributed by atoms with E-state index in [2.05, 4.69) is 22.5 Å². The van der Waals surface area contributed by atoms with Crippen molar-refractivity contribution in [2.75, 3.05) is 6.61 Å². The summed E-state index contributed by atoms with van der Waals surface area (Å²) in [6.07, 6.45) is 0. The first-order chi connectivity index (χ1) is 8.30. The highest BCUT2D eigenvalue weighted by atomic mass is 16.5. The maximum Gasteiger partial charge on any atom is 0.135 e. The van der Waals surface area contributed by atoms with E-state index >= 15 is 0 Å². The van der Waals surface area contributed by atoms with Crippen molar-refractivity contribution in [1.29, 1.82) is 5.26 Å². The number of hydrogen-bond donors (Lipinski definition) is 0. The third kappa shape index (κ3) is 2.15. The molecular weight excluding hydrogens is 214 g/mol. The molecular formula is C13H15N3O. The van der Waals surface area contributed by atoms with Crippen LogP contribution >= 0.6 is 0 Å². The fourth-order valence-electron chi connectivity index (χ4n) is 1.91. The molecule has 0 bridgehead atoms. The summed E-state index contributed by atoms with van der Waals surface area (Å²) in [5.74, 6) is 0.916. The van der Waals surface area contributed by atoms with Crippen molar-refractivity contribution in [1.82, 2.24) is 9.55 Å². The molecule has 0 aliphatic rings. The van der Waals surface area contributed by atoms with E-state index in [9.17, 15) is 0 Å². The molecule has 1 aromatic carbocycles. The highest BCUT2D eigenvalue weighted by molar-refractivity contribution is 5.77. The molecule has 4 nitrogen and oxygen atoms in total. The average molecular weight is 229 g/mol. The molecule has 17 heavy (non-hydrogen) atoms. The standard InChI is InChI=1S/C13H15N3O/c1-3-16-12-6-5-10(8-14)7-11(12)15-13(16)9-17-4-2/h5-7H,3-4,9H2,1-2H3. The van der Waals surface area contributed by atoms with Gasteiger partial charge in [-0.2, -0.15) is 5.26 Å². The fourth-order valence-corrected chi connectivity index (χ4v) is 1.91. The second-order valence-electron chi connectivity index (χ2n) is 3.72. The number of hydrogen-bond acceptors (Lipinski definition) is 3. The zero-order valence-corrected chi connectivity index (χ0v) is 10.1. The number of imidazole rings is 1. The van der Waals surface area contributed by atoms with Gasteiger partial charge in [-0.1, -0.05) is 0 Å². The Morgan fingerprint density at radius 3 is 2.88 bits per heavy atom. The van der Waals surface area contributed by atoms with Crippen LogP contribution < -0.4 is 0 Å². The highest BCUT2D eigenvalue weighted by Gasteiger charge is 2.09. The minimum atomic E-state index is 0.515. The molecule has 0 radical (unpaired) electrons. The summed E-state index contributed by atoms with van der Waals surface area (Å²) in [7, 11) is 0. The van der Waals surface area contributed by atoms with E-state index in [0.717, 1.165) is 23.4 Å². The molecule has 0 saturated carbocycles. The molecule has 2 rings (SSSR count). The summed E-state index contributed by atoms with van der Waals surface area (Å²) in [6, 6.07) is 7.71. The van der Waals surface area contributed by atoms with Gasteiger partial charge in [0.25, 0.3) is 0 Å². The fraction of sp³-hybridized carbons (Fsp3) is 0.385. The average Bonchev–Trinajstić information content (AvgIpc) is 2.72. The SMILES string of the molecule is CCOCc1nc2cc(C#N)ccc2n1CC. The first-order valence-corrected chi connectivity index (χ1v) is 5.77. The lowest BCUT2D eigenvalue weighted by Gasteiger charge is -2.05. The van der Waals surface area contributed by atoms with Gasteiger partial charge in [0.15, 0.2) is 0 Å². The molecule has 0 atom stereocenters. The smallest absolute Gasteiger partial charge is 0.135 e. The lowest BCUT2D eigenvalue weighted by molar-refractivity contribution is 0.126. The Morgan fingerprint density at radius 1 is 1.41 bits per heavy atom. The number of benzene rings is 1. The van der Waals surface area contributed by atoms with Crippen molar-refractivity contribution in [3.05, 3.63) is 29.6 Å². The third-order valence-electron chi connectivity index (χ3n) is 2.71. The Balaban J connectivity index is 2.50. The van der Waals surface area contributed by atoms with Gasteiger partial charge in [-0.25, -0.2) is 4.98 Å². The molecule has 0 N–H and O–H groups in total. The Bertz CT molecular complexity index is 566. The van der Waals surface area contributed by atoms with Gasteiger partial charge in [0, 0.05) is 13.2 Å². The first kappa shape index (κ1) is 11.6. The second kappa shape index (κ2) is 4.98. The molecule has 0 saturated heterocycles. The van der Waals surface area contributed by atoms with E-state index in [1.165, 1.54) is 0 Å². The normalized spacial score (nSPS) is 10.6. The van der Waals surface area contributed by atoms with Crippen molar-refractivity contribution in [3.8, 4) is 6.07 Å². The number of aryl methyl sites for hydroxylation is 1. The zero-order chi connectivity index (χ0) is 12.3. The summed E-state index contributed by atoms with van der Waals surface area (Å²) >= 11 is 0. The van der Waals surface area contributed by atoms with Gasteiger partial charge in [-0.05, 0) is 32.0 Å². The number of fused-ring (bicyclic) bond motifs is 1. The van der Waals surface area contributed by atoms with E-state index in [0.29, 0.717) is 18.8 Å². The van der Waals surface area contributed by atoms with Crippen LogP contribution in [0.25, 0.3) is 11.0 Å². The van der Waals surface area contributed by atoms with Crippen LogP contribution in [-0.2, 0) is 17.9 Å². The molecule has 0 spiro atoms. The van der Waals surface area contributed by atoms with Gasteiger partial charge in [-0.3, -0.25) is 0 Å². The Labute approximate surface area is 100 Å². The topological polar surface area (TPSA) is 50.8 Å². The van der Waals surface area contributed by atoms with E-state index in [1.807, 2.05) is 25.1 Å². The minimum absolute atomic E-state index is 0.515. The van der Waals surface area contributed by atoms with Crippen LogP contribution in [-0.4, -0.2) is 16.2 Å². The van der Waals surface area contributed by atoms with Crippen molar-refractivity contribution < 1.29 is 4.74 Å². The number of nitrogens with zero attached hydrogens (tertiary/aromatic N) is 3. The van der Waals surface area contributed by atoms with Gasteiger partial charge in [-0.15, -0.1) is 0 Å². The third-order valence-corrected chi connectivity index (χ3v) is 2.71. The number of rotatable bonds is 4. The van der Waals surface area contributed by atoms with Crippen molar-refractivity contribution in [2.24, 2.45) is 0 Å². The molecule has 1 aromatic heterocycles. The van der Waals surface area contributed by atoms with E-state index in [1.54, 1.807) is 0 Å². The monoisotopic (exact) mass is 229 g/mol. The summed E-state index contributed by atoms with van der Waals surface area (Å²) in [6.45, 7) is 6.09. The molecule has 88 valence electrons. The molecule has 0 aliphatic carbocycles. The van der Waals surface area contributed by atoms with Crippen molar-refractivity contribution in [2.45, 2.75) is 27.0 Å². The minimum Gasteiger partial charge on any atom is -0.374 e. The summed E-state index contributed by atoms with van der Waals surface area (Å²) < 4.78 is 7.52. The van der Waals surface area contributed by atoms with Crippen LogP contribution in [0.3, 0.4) is 0 Å². The zero-order valence-electron chi connectivity index (χ0n) is 10.1. The largest absolute Gasteiger partial charge is 0.374 e. The molecule has 4 heteroatoms. The molecule has 2 aromatic rings. The summed E-state index contributed by atoms with van der Waals surface area (Å²) in [5, 5.41) is 8.86. The van der Waals surface area contributed by atoms with Gasteiger partial charge in [0.1, 0.15) is 12.4 Å². The summed E-state index contributed by atoms with van der Waals surface area (Å²) in [5.41, 5.74) is 2.56. The quantitative estimate of drug-likeness (QED) is 0.809. The molecule has 0 amide bonds. The van der Waals surface area contributed by atoms with Crippen LogP contribution in [0.4, 0.5) is 0 Å². The van der Waals surface area contributed by atoms with Crippen LogP contribution in [0, 0.1) is 11.3 Å². The predicted molar refractivity (Wildman–Crippen MR) is 65.5 cm³/mol. The van der Waals surface area contributed by atoms with Crippen LogP contribution in [0.2, 0.25) is 0 Å². The Hall–Kier alpha value is -1.86. The molecule has 0 unspecified atom stereocenters. The second-order valence-corrected chi connectivity index (χ2v) is 3.72. The first-order valence-electron chi connectivity index (χ1n) is 5.77. The molecule has 1 heterocycles. The highest BCUT2D eigenvalue weighted by Crippen LogP contribution is 2.18. The predicted octanol–water partition coefficient (Wildman–Crippen LogP) is 2.46. The maximum absolute atomic E-state index is 8.86. The molecule has 0 fully saturated rings. The van der Waals surface area contributed by atoms with Gasteiger partial charge in [0.05, 0.1) is 22.7 Å². The van der Waals surface area contributed by atoms with Gasteiger partial charge < -0.3 is 9.30 Å². The van der Waals surface area contributed by atoms with Crippen molar-refractivity contribution in [3.63, 3.8) is 0 Å². The summed E-state index contributed by atoms with van der Waals surface area (Å²) in [4.78, 5) is 4.52. The van der Waals surface area contributed by atoms with Crippen LogP contribution in [0.15, 0.2) is 18.2 Å². The van der Waals surface area contributed by atoms with E-state index in [-0.39, 0.29) is 0 Å². The number of ether oxygens (including phenoxy) is 1. The van der Waals surface area contributed by atoms with Gasteiger partial charge in [0.2, 0.25) is 0 Å². The Morgan fingerprint density at radius 2 is 2.24 bits per heavy atom. The lowest BCUT2D eigenvalue weighted by atomic mass is 10.2. The van der Waals surface area contributed by atoms with Crippen LogP contribution in [0.1, 0.15) is 25.2 Å². The van der Waals surface area contributed by atoms with Crippen molar-refractivity contribution >= 4 is 11.0 Å². The van der Waals surface area contributed by atoms with Crippen LogP contribution in [0.5, 0.6) is 0 Å². The van der Waals surface area contributed by atoms with Gasteiger partial charge >= 0.3 is 0 Å². The molecule has 0 aliphatic heterocycles. The van der Waals surface area contributed by atoms with E-state index in [4.69, 9.17) is 10.00 Å². The number of nitriles is 1. The Kier molecular flexibility index (Phi) is 3.40. The number of aromatic nitrogens is 2. The van der Waals surface area contributed by atoms with E-state index < -0.39 is 0 Å².